The van der Waals surface area contributed by atoms with Gasteiger partial charge < -0.3 is 15.4 Å². The molecule has 7 nitrogen and oxygen atoms in total. The summed E-state index contributed by atoms with van der Waals surface area (Å²) in [6, 6.07) is 7.53. The zero-order valence-corrected chi connectivity index (χ0v) is 12.4. The van der Waals surface area contributed by atoms with E-state index in [1.54, 1.807) is 11.0 Å². The predicted molar refractivity (Wildman–Crippen MR) is 80.4 cm³/mol. The fourth-order valence-electron chi connectivity index (χ4n) is 2.43. The van der Waals surface area contributed by atoms with Crippen molar-refractivity contribution >= 4 is 5.91 Å². The molecule has 1 fully saturated rings. The summed E-state index contributed by atoms with van der Waals surface area (Å²) in [6.45, 7) is 3.74. The second-order valence-electron chi connectivity index (χ2n) is 5.23. The van der Waals surface area contributed by atoms with E-state index < -0.39 is 0 Å². The number of amides is 1. The number of nitrogens with zero attached hydrogens (tertiary/aromatic N) is 3. The van der Waals surface area contributed by atoms with Crippen LogP contribution >= 0.6 is 0 Å². The molecule has 2 heterocycles. The molecular formula is C15H19N5O2. The quantitative estimate of drug-likeness (QED) is 0.847. The minimum atomic E-state index is -0.289. The summed E-state index contributed by atoms with van der Waals surface area (Å²) < 4.78 is 7.17. The first-order valence-electron chi connectivity index (χ1n) is 7.30. The van der Waals surface area contributed by atoms with E-state index in [1.807, 2.05) is 31.2 Å². The number of hydrogen-bond acceptors (Lipinski definition) is 5. The predicted octanol–water partition coefficient (Wildman–Crippen LogP) is 0.260. The monoisotopic (exact) mass is 301 g/mol. The summed E-state index contributed by atoms with van der Waals surface area (Å²) >= 11 is 0. The summed E-state index contributed by atoms with van der Waals surface area (Å²) in [4.78, 5) is 16.1. The van der Waals surface area contributed by atoms with Crippen LogP contribution in [0.3, 0.4) is 0 Å². The molecule has 1 saturated heterocycles. The first kappa shape index (κ1) is 14.7. The van der Waals surface area contributed by atoms with Crippen LogP contribution < -0.4 is 10.6 Å². The Kier molecular flexibility index (Phi) is 4.45. The Labute approximate surface area is 128 Å². The fraction of sp³-hybridized carbons (Fsp3) is 0.400. The SMILES string of the molecule is C[C@H]1OCCN[C@@H]1C(=O)NCc1ccc(-n2cncn2)cc1. The van der Waals surface area contributed by atoms with Gasteiger partial charge in [-0.05, 0) is 24.6 Å². The summed E-state index contributed by atoms with van der Waals surface area (Å²) in [7, 11) is 0. The van der Waals surface area contributed by atoms with Gasteiger partial charge in [0.05, 0.1) is 18.4 Å². The maximum Gasteiger partial charge on any atom is 0.240 e. The molecule has 0 spiro atoms. The van der Waals surface area contributed by atoms with Crippen LogP contribution in [0.25, 0.3) is 5.69 Å². The van der Waals surface area contributed by atoms with Crippen LogP contribution in [0.2, 0.25) is 0 Å². The van der Waals surface area contributed by atoms with Gasteiger partial charge in [0.15, 0.2) is 0 Å². The van der Waals surface area contributed by atoms with Crippen LogP contribution in [0.1, 0.15) is 12.5 Å². The summed E-state index contributed by atoms with van der Waals surface area (Å²) in [5.41, 5.74) is 1.96. The molecule has 1 amide bonds. The van der Waals surface area contributed by atoms with Crippen LogP contribution in [0.5, 0.6) is 0 Å². The number of carbonyl (C=O) groups excluding carboxylic acids is 1. The number of carbonyl (C=O) groups is 1. The molecule has 1 aromatic heterocycles. The second kappa shape index (κ2) is 6.67. The lowest BCUT2D eigenvalue weighted by atomic mass is 10.1. The van der Waals surface area contributed by atoms with Crippen molar-refractivity contribution in [2.45, 2.75) is 25.6 Å². The van der Waals surface area contributed by atoms with Gasteiger partial charge in [0.25, 0.3) is 0 Å². The van der Waals surface area contributed by atoms with Gasteiger partial charge in [0.2, 0.25) is 5.91 Å². The number of morpholine rings is 1. The molecule has 1 aromatic carbocycles. The van der Waals surface area contributed by atoms with Gasteiger partial charge in [0.1, 0.15) is 18.7 Å². The Balaban J connectivity index is 1.56. The van der Waals surface area contributed by atoms with Crippen molar-refractivity contribution in [3.8, 4) is 5.69 Å². The van der Waals surface area contributed by atoms with E-state index in [9.17, 15) is 4.79 Å². The number of rotatable bonds is 4. The van der Waals surface area contributed by atoms with Gasteiger partial charge in [-0.25, -0.2) is 9.67 Å². The average molecular weight is 301 g/mol. The molecular weight excluding hydrogens is 282 g/mol. The molecule has 2 atom stereocenters. The Morgan fingerprint density at radius 2 is 2.27 bits per heavy atom. The van der Waals surface area contributed by atoms with E-state index in [4.69, 9.17) is 4.74 Å². The molecule has 2 N–H and O–H groups in total. The fourth-order valence-corrected chi connectivity index (χ4v) is 2.43. The summed E-state index contributed by atoms with van der Waals surface area (Å²) in [5.74, 6) is -0.0347. The highest BCUT2D eigenvalue weighted by atomic mass is 16.5. The molecule has 0 radical (unpaired) electrons. The summed E-state index contributed by atoms with van der Waals surface area (Å²) in [6.07, 6.45) is 3.03. The normalized spacial score (nSPS) is 21.5. The molecule has 7 heteroatoms. The van der Waals surface area contributed by atoms with E-state index in [-0.39, 0.29) is 18.1 Å². The topological polar surface area (TPSA) is 81.1 Å². The van der Waals surface area contributed by atoms with Crippen LogP contribution in [0.4, 0.5) is 0 Å². The Bertz CT molecular complexity index is 611. The number of hydrogen-bond donors (Lipinski definition) is 2. The molecule has 1 aliphatic rings. The van der Waals surface area contributed by atoms with Crippen LogP contribution in [-0.2, 0) is 16.1 Å². The van der Waals surface area contributed by atoms with E-state index in [0.29, 0.717) is 19.7 Å². The van der Waals surface area contributed by atoms with Crippen molar-refractivity contribution in [1.29, 1.82) is 0 Å². The van der Waals surface area contributed by atoms with Crippen molar-refractivity contribution < 1.29 is 9.53 Å². The molecule has 0 saturated carbocycles. The first-order valence-corrected chi connectivity index (χ1v) is 7.30. The smallest absolute Gasteiger partial charge is 0.240 e. The van der Waals surface area contributed by atoms with Gasteiger partial charge in [0, 0.05) is 13.1 Å². The standard InChI is InChI=1S/C15H19N5O2/c1-11-14(17-6-7-22-11)15(21)18-8-12-2-4-13(5-3-12)20-10-16-9-19-20/h2-5,9-11,14,17H,6-8H2,1H3,(H,18,21)/t11-,14+/m1/s1. The van der Waals surface area contributed by atoms with Crippen LogP contribution in [-0.4, -0.2) is 46.0 Å². The molecule has 116 valence electrons. The number of benzene rings is 1. The third-order valence-electron chi connectivity index (χ3n) is 3.69. The zero-order valence-electron chi connectivity index (χ0n) is 12.4. The van der Waals surface area contributed by atoms with Crippen molar-refractivity contribution in [2.24, 2.45) is 0 Å². The number of aromatic nitrogens is 3. The molecule has 0 unspecified atom stereocenters. The van der Waals surface area contributed by atoms with Gasteiger partial charge in [-0.3, -0.25) is 4.79 Å². The third kappa shape index (κ3) is 3.32. The number of nitrogens with one attached hydrogen (secondary N) is 2. The molecule has 2 aromatic rings. The minimum absolute atomic E-state index is 0.0347. The van der Waals surface area contributed by atoms with Gasteiger partial charge in [-0.2, -0.15) is 5.10 Å². The Morgan fingerprint density at radius 1 is 1.45 bits per heavy atom. The van der Waals surface area contributed by atoms with Gasteiger partial charge in [-0.1, -0.05) is 12.1 Å². The average Bonchev–Trinajstić information content (AvgIpc) is 3.08. The molecule has 22 heavy (non-hydrogen) atoms. The van der Waals surface area contributed by atoms with Crippen LogP contribution in [0.15, 0.2) is 36.9 Å². The Morgan fingerprint density at radius 3 is 2.95 bits per heavy atom. The zero-order chi connectivity index (χ0) is 15.4. The van der Waals surface area contributed by atoms with Crippen molar-refractivity contribution in [2.75, 3.05) is 13.2 Å². The first-order chi connectivity index (χ1) is 10.7. The lowest BCUT2D eigenvalue weighted by Gasteiger charge is -2.29. The highest BCUT2D eigenvalue weighted by Gasteiger charge is 2.27. The van der Waals surface area contributed by atoms with Crippen molar-refractivity contribution in [3.63, 3.8) is 0 Å². The summed E-state index contributed by atoms with van der Waals surface area (Å²) in [5, 5.41) is 10.2. The second-order valence-corrected chi connectivity index (χ2v) is 5.23. The maximum atomic E-state index is 12.2. The van der Waals surface area contributed by atoms with E-state index >= 15 is 0 Å². The van der Waals surface area contributed by atoms with E-state index in [1.165, 1.54) is 6.33 Å². The third-order valence-corrected chi connectivity index (χ3v) is 3.69. The lowest BCUT2D eigenvalue weighted by Crippen LogP contribution is -2.55. The molecule has 0 aliphatic carbocycles. The van der Waals surface area contributed by atoms with E-state index in [2.05, 4.69) is 20.7 Å². The van der Waals surface area contributed by atoms with Gasteiger partial charge in [-0.15, -0.1) is 0 Å². The van der Waals surface area contributed by atoms with Crippen LogP contribution in [0, 0.1) is 0 Å². The highest BCUT2D eigenvalue weighted by Crippen LogP contribution is 2.09. The van der Waals surface area contributed by atoms with E-state index in [0.717, 1.165) is 11.3 Å². The largest absolute Gasteiger partial charge is 0.375 e. The van der Waals surface area contributed by atoms with Crippen molar-refractivity contribution in [1.82, 2.24) is 25.4 Å². The minimum Gasteiger partial charge on any atom is -0.375 e. The van der Waals surface area contributed by atoms with Crippen molar-refractivity contribution in [3.05, 3.63) is 42.5 Å². The highest BCUT2D eigenvalue weighted by molar-refractivity contribution is 5.82. The molecule has 1 aliphatic heterocycles. The molecule has 0 bridgehead atoms. The molecule has 3 rings (SSSR count). The van der Waals surface area contributed by atoms with Gasteiger partial charge >= 0.3 is 0 Å². The maximum absolute atomic E-state index is 12.2. The Hall–Kier alpha value is -2.25. The number of ether oxygens (including phenoxy) is 1. The lowest BCUT2D eigenvalue weighted by molar-refractivity contribution is -0.129.